The van der Waals surface area contributed by atoms with Crippen molar-refractivity contribution >= 4 is 46.7 Å². The van der Waals surface area contributed by atoms with Crippen molar-refractivity contribution in [2.75, 3.05) is 49.9 Å². The summed E-state index contributed by atoms with van der Waals surface area (Å²) in [5.74, 6) is -2.67. The van der Waals surface area contributed by atoms with Crippen LogP contribution in [0.4, 0.5) is 11.4 Å². The fraction of sp³-hybridized carbons (Fsp3) is 0.471. The normalized spacial score (nSPS) is 16.0. The summed E-state index contributed by atoms with van der Waals surface area (Å²) in [5.41, 5.74) is 1.62. The number of amides is 2. The van der Waals surface area contributed by atoms with Crippen LogP contribution in [0.3, 0.4) is 0 Å². The number of hydrogen-bond acceptors (Lipinski definition) is 8. The fourth-order valence-electron chi connectivity index (χ4n) is 5.76. The second-order valence-electron chi connectivity index (χ2n) is 11.6. The standard InChI is InChI=1S/C30H36N4O4.2C2H4O2/c35-25(13-19-33-15-3-1-4-16-33)31-23-11-7-9-21-27(23)29(37)22-10-8-12-24(28(22)30(21)38)32-26(36)14-20-34-17-5-2-6-18-34;2*1-2(3)4/h7-12H,1-6,13-20H2,(H,31,35)(H,32,36);2*1H3,(H,3,4). The van der Waals surface area contributed by atoms with Crippen LogP contribution in [0.5, 0.6) is 0 Å². The van der Waals surface area contributed by atoms with Crippen LogP contribution < -0.4 is 10.6 Å². The number of benzene rings is 2. The number of carbonyl (C=O) groups is 6. The van der Waals surface area contributed by atoms with Crippen LogP contribution in [0.1, 0.15) is 97.1 Å². The van der Waals surface area contributed by atoms with Crippen LogP contribution >= 0.6 is 0 Å². The molecule has 1 aliphatic carbocycles. The zero-order valence-electron chi connectivity index (χ0n) is 26.6. The summed E-state index contributed by atoms with van der Waals surface area (Å²) >= 11 is 0. The molecule has 2 amide bonds. The number of hydrogen-bond donors (Lipinski definition) is 4. The van der Waals surface area contributed by atoms with Gasteiger partial charge in [0, 0.05) is 50.9 Å². The van der Waals surface area contributed by atoms with E-state index < -0.39 is 11.9 Å². The molecule has 0 saturated carbocycles. The highest BCUT2D eigenvalue weighted by atomic mass is 16.4. The van der Waals surface area contributed by atoms with Crippen molar-refractivity contribution in [2.45, 2.75) is 65.2 Å². The summed E-state index contributed by atoms with van der Waals surface area (Å²) in [5, 5.41) is 20.6. The Morgan fingerprint density at radius 2 is 0.935 bits per heavy atom. The minimum Gasteiger partial charge on any atom is -0.481 e. The van der Waals surface area contributed by atoms with Gasteiger partial charge in [-0.05, 0) is 64.0 Å². The fourth-order valence-corrected chi connectivity index (χ4v) is 5.76. The number of ketones is 2. The smallest absolute Gasteiger partial charge is 0.300 e. The maximum Gasteiger partial charge on any atom is 0.300 e. The largest absolute Gasteiger partial charge is 0.481 e. The first-order valence-corrected chi connectivity index (χ1v) is 15.8. The van der Waals surface area contributed by atoms with Crippen molar-refractivity contribution in [3.63, 3.8) is 0 Å². The zero-order valence-corrected chi connectivity index (χ0v) is 26.6. The van der Waals surface area contributed by atoms with Crippen molar-refractivity contribution < 1.29 is 39.0 Å². The number of carboxylic acids is 2. The highest BCUT2D eigenvalue weighted by molar-refractivity contribution is 6.32. The van der Waals surface area contributed by atoms with E-state index in [4.69, 9.17) is 19.8 Å². The summed E-state index contributed by atoms with van der Waals surface area (Å²) in [4.78, 5) is 75.3. The average molecular weight is 637 g/mol. The molecule has 0 unspecified atom stereocenters. The van der Waals surface area contributed by atoms with Crippen molar-refractivity contribution in [3.05, 3.63) is 58.7 Å². The Hall–Kier alpha value is -4.42. The highest BCUT2D eigenvalue weighted by Crippen LogP contribution is 2.35. The number of likely N-dealkylation sites (tertiary alicyclic amines) is 2. The van der Waals surface area contributed by atoms with Gasteiger partial charge in [-0.25, -0.2) is 0 Å². The molecule has 248 valence electrons. The molecule has 5 rings (SSSR count). The monoisotopic (exact) mass is 636 g/mol. The molecule has 2 saturated heterocycles. The molecule has 2 heterocycles. The van der Waals surface area contributed by atoms with Crippen molar-refractivity contribution in [2.24, 2.45) is 0 Å². The number of nitrogens with one attached hydrogen (secondary N) is 2. The first-order chi connectivity index (χ1) is 22.0. The first-order valence-electron chi connectivity index (χ1n) is 15.8. The Morgan fingerprint density at radius 1 is 0.609 bits per heavy atom. The quantitative estimate of drug-likeness (QED) is 0.280. The minimum atomic E-state index is -0.833. The third-order valence-electron chi connectivity index (χ3n) is 7.83. The summed E-state index contributed by atoms with van der Waals surface area (Å²) in [7, 11) is 0. The van der Waals surface area contributed by atoms with Gasteiger partial charge in [-0.1, -0.05) is 37.1 Å². The predicted molar refractivity (Wildman–Crippen MR) is 173 cm³/mol. The van der Waals surface area contributed by atoms with Crippen molar-refractivity contribution in [1.82, 2.24) is 9.80 Å². The lowest BCUT2D eigenvalue weighted by Gasteiger charge is -2.26. The van der Waals surface area contributed by atoms with Crippen LogP contribution in [0.25, 0.3) is 0 Å². The predicted octanol–water partition coefficient (Wildman–Crippen LogP) is 4.27. The average Bonchev–Trinajstić information content (AvgIpc) is 3.02. The number of aliphatic carboxylic acids is 2. The number of carbonyl (C=O) groups excluding carboxylic acids is 4. The SMILES string of the molecule is CC(=O)O.CC(=O)O.O=C(CCN1CCCCC1)Nc1cccc2c1C(=O)c1cccc(NC(=O)CCN3CCCCC3)c1C2=O. The molecule has 46 heavy (non-hydrogen) atoms. The van der Waals surface area contributed by atoms with Gasteiger partial charge in [-0.2, -0.15) is 0 Å². The third kappa shape index (κ3) is 10.9. The molecule has 0 bridgehead atoms. The molecule has 2 aromatic carbocycles. The summed E-state index contributed by atoms with van der Waals surface area (Å²) in [6.45, 7) is 7.56. The second kappa shape index (κ2) is 17.9. The lowest BCUT2D eigenvalue weighted by molar-refractivity contribution is -0.135. The second-order valence-corrected chi connectivity index (χ2v) is 11.6. The lowest BCUT2D eigenvalue weighted by atomic mass is 9.82. The maximum atomic E-state index is 13.6. The van der Waals surface area contributed by atoms with E-state index in [0.29, 0.717) is 37.3 Å². The molecule has 0 atom stereocenters. The Morgan fingerprint density at radius 3 is 1.26 bits per heavy atom. The number of anilines is 2. The van der Waals surface area contributed by atoms with Gasteiger partial charge in [0.15, 0.2) is 11.6 Å². The van der Waals surface area contributed by atoms with Crippen molar-refractivity contribution in [1.29, 1.82) is 0 Å². The lowest BCUT2D eigenvalue weighted by Crippen LogP contribution is -2.33. The van der Waals surface area contributed by atoms with E-state index in [-0.39, 0.29) is 45.6 Å². The molecule has 3 aliphatic rings. The molecule has 0 spiro atoms. The molecule has 4 N–H and O–H groups in total. The molecule has 2 fully saturated rings. The van der Waals surface area contributed by atoms with Gasteiger partial charge in [0.2, 0.25) is 11.8 Å². The molecule has 2 aliphatic heterocycles. The number of rotatable bonds is 8. The van der Waals surface area contributed by atoms with Crippen LogP contribution in [-0.4, -0.2) is 94.6 Å². The molecule has 12 nitrogen and oxygen atoms in total. The number of nitrogens with zero attached hydrogens (tertiary/aromatic N) is 2. The summed E-state index contributed by atoms with van der Waals surface area (Å²) in [6, 6.07) is 9.90. The van der Waals surface area contributed by atoms with Gasteiger partial charge >= 0.3 is 0 Å². The van der Waals surface area contributed by atoms with E-state index in [1.165, 1.54) is 12.8 Å². The number of fused-ring (bicyclic) bond motifs is 2. The molecule has 2 aromatic rings. The minimum absolute atomic E-state index is 0.176. The maximum absolute atomic E-state index is 13.6. The van der Waals surface area contributed by atoms with E-state index in [1.807, 2.05) is 0 Å². The van der Waals surface area contributed by atoms with Crippen LogP contribution in [0.15, 0.2) is 36.4 Å². The Bertz CT molecular complexity index is 1310. The van der Waals surface area contributed by atoms with Crippen molar-refractivity contribution in [3.8, 4) is 0 Å². The van der Waals surface area contributed by atoms with E-state index in [9.17, 15) is 19.2 Å². The van der Waals surface area contributed by atoms with E-state index in [0.717, 1.165) is 65.7 Å². The van der Waals surface area contributed by atoms with Gasteiger partial charge in [-0.15, -0.1) is 0 Å². The zero-order chi connectivity index (χ0) is 33.6. The molecular formula is C34H44N4O8. The Labute approximate surface area is 269 Å². The van der Waals surface area contributed by atoms with E-state index in [1.54, 1.807) is 36.4 Å². The van der Waals surface area contributed by atoms with Gasteiger partial charge in [0.05, 0.1) is 22.5 Å². The van der Waals surface area contributed by atoms with Gasteiger partial charge in [-0.3, -0.25) is 28.8 Å². The molecule has 12 heteroatoms. The molecular weight excluding hydrogens is 592 g/mol. The summed E-state index contributed by atoms with van der Waals surface area (Å²) in [6.07, 6.45) is 7.76. The van der Waals surface area contributed by atoms with Crippen LogP contribution in [-0.2, 0) is 19.2 Å². The van der Waals surface area contributed by atoms with Gasteiger partial charge in [0.1, 0.15) is 0 Å². The van der Waals surface area contributed by atoms with E-state index >= 15 is 0 Å². The van der Waals surface area contributed by atoms with Crippen LogP contribution in [0.2, 0.25) is 0 Å². The highest BCUT2D eigenvalue weighted by Gasteiger charge is 2.34. The number of piperidine rings is 2. The van der Waals surface area contributed by atoms with E-state index in [2.05, 4.69) is 20.4 Å². The van der Waals surface area contributed by atoms with Gasteiger partial charge < -0.3 is 30.6 Å². The molecule has 0 radical (unpaired) electrons. The Balaban J connectivity index is 0.000000647. The molecule has 0 aromatic heterocycles. The third-order valence-corrected chi connectivity index (χ3v) is 7.83. The summed E-state index contributed by atoms with van der Waals surface area (Å²) < 4.78 is 0. The van der Waals surface area contributed by atoms with Crippen LogP contribution in [0, 0.1) is 0 Å². The Kier molecular flexibility index (Phi) is 14.0. The first kappa shape index (κ1) is 36.1. The number of carboxylic acid groups (broad SMARTS) is 2. The van der Waals surface area contributed by atoms with Gasteiger partial charge in [0.25, 0.3) is 11.9 Å². The topological polar surface area (TPSA) is 173 Å².